The number of nitrogens with zero attached hydrogens (tertiary/aromatic N) is 4. The van der Waals surface area contributed by atoms with Crippen LogP contribution in [0.15, 0.2) is 60.7 Å². The average Bonchev–Trinajstić information content (AvgIpc) is 2.87. The average molecular weight is 434 g/mol. The molecule has 0 spiro atoms. The largest absolute Gasteiger partial charge is 0.497 e. The van der Waals surface area contributed by atoms with Gasteiger partial charge in [0.25, 0.3) is 0 Å². The molecular weight excluding hydrogens is 406 g/mol. The van der Waals surface area contributed by atoms with Crippen LogP contribution in [0.1, 0.15) is 5.56 Å². The van der Waals surface area contributed by atoms with E-state index in [-0.39, 0.29) is 6.03 Å². The predicted molar refractivity (Wildman–Crippen MR) is 123 cm³/mol. The van der Waals surface area contributed by atoms with E-state index in [0.29, 0.717) is 44.2 Å². The summed E-state index contributed by atoms with van der Waals surface area (Å²) in [4.78, 5) is 16.5. The smallest absolute Gasteiger partial charge is 0.317 e. The molecule has 1 aliphatic heterocycles. The Morgan fingerprint density at radius 2 is 1.72 bits per heavy atom. The van der Waals surface area contributed by atoms with Crippen LogP contribution < -0.4 is 19.7 Å². The summed E-state index contributed by atoms with van der Waals surface area (Å²) in [5, 5.41) is 11.8. The van der Waals surface area contributed by atoms with Gasteiger partial charge in [0, 0.05) is 38.3 Å². The molecule has 8 nitrogen and oxygen atoms in total. The molecule has 2 aromatic carbocycles. The molecule has 166 valence electrons. The van der Waals surface area contributed by atoms with Crippen molar-refractivity contribution >= 4 is 11.8 Å². The molecule has 1 aliphatic rings. The van der Waals surface area contributed by atoms with Gasteiger partial charge in [-0.3, -0.25) is 0 Å². The normalized spacial score (nSPS) is 13.6. The molecule has 8 heteroatoms. The molecule has 1 aromatic heterocycles. The summed E-state index contributed by atoms with van der Waals surface area (Å²) < 4.78 is 10.8. The molecule has 0 saturated carbocycles. The number of methoxy groups -OCH3 is 2. The quantitative estimate of drug-likeness (QED) is 0.643. The van der Waals surface area contributed by atoms with Gasteiger partial charge in [-0.2, -0.15) is 0 Å². The van der Waals surface area contributed by atoms with Crippen LogP contribution in [-0.2, 0) is 6.54 Å². The number of hydrogen-bond donors (Lipinski definition) is 1. The van der Waals surface area contributed by atoms with Crippen LogP contribution in [0.5, 0.6) is 11.5 Å². The maximum atomic E-state index is 12.5. The molecule has 1 N–H and O–H groups in total. The van der Waals surface area contributed by atoms with Crippen LogP contribution in [0.3, 0.4) is 0 Å². The standard InChI is InChI=1S/C24H27N5O3/c1-31-19-8-10-22(32-2)20(16-19)21-9-11-23(27-26-21)28-12-14-29(15-13-28)24(30)25-17-18-6-4-3-5-7-18/h3-11,16H,12-15,17H2,1-2H3,(H,25,30). The van der Waals surface area contributed by atoms with E-state index in [0.717, 1.165) is 22.7 Å². The minimum atomic E-state index is -0.0416. The van der Waals surface area contributed by atoms with Crippen molar-refractivity contribution in [3.05, 3.63) is 66.2 Å². The van der Waals surface area contributed by atoms with Crippen molar-refractivity contribution in [2.45, 2.75) is 6.54 Å². The Bertz CT molecular complexity index is 1040. The first-order chi connectivity index (χ1) is 15.7. The molecule has 0 radical (unpaired) electrons. The number of anilines is 1. The first-order valence-corrected chi connectivity index (χ1v) is 10.6. The van der Waals surface area contributed by atoms with Crippen LogP contribution >= 0.6 is 0 Å². The van der Waals surface area contributed by atoms with E-state index < -0.39 is 0 Å². The van der Waals surface area contributed by atoms with E-state index in [1.807, 2.05) is 65.6 Å². The fraction of sp³-hybridized carbons (Fsp3) is 0.292. The van der Waals surface area contributed by atoms with E-state index in [1.54, 1.807) is 14.2 Å². The monoisotopic (exact) mass is 433 g/mol. The molecule has 0 atom stereocenters. The summed E-state index contributed by atoms with van der Waals surface area (Å²) >= 11 is 0. The Labute approximate surface area is 187 Å². The van der Waals surface area contributed by atoms with Crippen molar-refractivity contribution in [2.24, 2.45) is 0 Å². The Kier molecular flexibility index (Phi) is 6.69. The Balaban J connectivity index is 1.35. The fourth-order valence-electron chi connectivity index (χ4n) is 3.68. The number of carbonyl (C=O) groups is 1. The zero-order chi connectivity index (χ0) is 22.3. The predicted octanol–water partition coefficient (Wildman–Crippen LogP) is 3.19. The molecule has 1 saturated heterocycles. The molecule has 1 fully saturated rings. The lowest BCUT2D eigenvalue weighted by Gasteiger charge is -2.35. The highest BCUT2D eigenvalue weighted by Gasteiger charge is 2.22. The van der Waals surface area contributed by atoms with Gasteiger partial charge in [0.05, 0.1) is 19.9 Å². The van der Waals surface area contributed by atoms with Crippen molar-refractivity contribution in [1.29, 1.82) is 0 Å². The molecule has 0 aliphatic carbocycles. The van der Waals surface area contributed by atoms with Gasteiger partial charge < -0.3 is 24.6 Å². The van der Waals surface area contributed by atoms with Gasteiger partial charge in [0.15, 0.2) is 5.82 Å². The fourth-order valence-corrected chi connectivity index (χ4v) is 3.68. The lowest BCUT2D eigenvalue weighted by atomic mass is 10.1. The van der Waals surface area contributed by atoms with Crippen molar-refractivity contribution in [2.75, 3.05) is 45.3 Å². The molecule has 2 heterocycles. The van der Waals surface area contributed by atoms with Gasteiger partial charge >= 0.3 is 6.03 Å². The summed E-state index contributed by atoms with van der Waals surface area (Å²) in [6, 6.07) is 19.3. The topological polar surface area (TPSA) is 79.8 Å². The number of nitrogens with one attached hydrogen (secondary N) is 1. The number of amides is 2. The molecule has 0 unspecified atom stereocenters. The van der Waals surface area contributed by atoms with E-state index >= 15 is 0 Å². The van der Waals surface area contributed by atoms with Gasteiger partial charge in [0.2, 0.25) is 0 Å². The second kappa shape index (κ2) is 10.00. The molecule has 3 aromatic rings. The number of urea groups is 1. The number of aromatic nitrogens is 2. The van der Waals surface area contributed by atoms with E-state index in [1.165, 1.54) is 0 Å². The summed E-state index contributed by atoms with van der Waals surface area (Å²) in [5.74, 6) is 2.23. The zero-order valence-corrected chi connectivity index (χ0v) is 18.3. The lowest BCUT2D eigenvalue weighted by Crippen LogP contribution is -2.51. The lowest BCUT2D eigenvalue weighted by molar-refractivity contribution is 0.194. The second-order valence-corrected chi connectivity index (χ2v) is 7.46. The number of hydrogen-bond acceptors (Lipinski definition) is 6. The number of rotatable bonds is 6. The van der Waals surface area contributed by atoms with E-state index in [4.69, 9.17) is 9.47 Å². The third-order valence-corrected chi connectivity index (χ3v) is 5.51. The van der Waals surface area contributed by atoms with Crippen molar-refractivity contribution < 1.29 is 14.3 Å². The van der Waals surface area contributed by atoms with Crippen LogP contribution in [0.25, 0.3) is 11.3 Å². The maximum Gasteiger partial charge on any atom is 0.317 e. The van der Waals surface area contributed by atoms with Crippen LogP contribution in [-0.4, -0.2) is 61.5 Å². The molecule has 32 heavy (non-hydrogen) atoms. The zero-order valence-electron chi connectivity index (χ0n) is 18.3. The summed E-state index contributed by atoms with van der Waals surface area (Å²) in [6.07, 6.45) is 0. The first-order valence-electron chi connectivity index (χ1n) is 10.6. The number of carbonyl (C=O) groups excluding carboxylic acids is 1. The van der Waals surface area contributed by atoms with Gasteiger partial charge in [-0.1, -0.05) is 30.3 Å². The summed E-state index contributed by atoms with van der Waals surface area (Å²) in [5.41, 5.74) is 2.62. The second-order valence-electron chi connectivity index (χ2n) is 7.46. The Hall–Kier alpha value is -3.81. The Morgan fingerprint density at radius 1 is 0.938 bits per heavy atom. The third kappa shape index (κ3) is 4.91. The van der Waals surface area contributed by atoms with Gasteiger partial charge in [0.1, 0.15) is 11.5 Å². The highest BCUT2D eigenvalue weighted by Crippen LogP contribution is 2.32. The molecule has 2 amide bonds. The van der Waals surface area contributed by atoms with Crippen LogP contribution in [0, 0.1) is 0 Å². The minimum Gasteiger partial charge on any atom is -0.497 e. The molecular formula is C24H27N5O3. The first kappa shape index (κ1) is 21.4. The van der Waals surface area contributed by atoms with E-state index in [2.05, 4.69) is 20.4 Å². The number of ether oxygens (including phenoxy) is 2. The number of benzene rings is 2. The van der Waals surface area contributed by atoms with Crippen LogP contribution in [0.2, 0.25) is 0 Å². The SMILES string of the molecule is COc1ccc(OC)c(-c2ccc(N3CCN(C(=O)NCc4ccccc4)CC3)nn2)c1. The van der Waals surface area contributed by atoms with Crippen molar-refractivity contribution in [3.8, 4) is 22.8 Å². The van der Waals surface area contributed by atoms with Gasteiger partial charge in [-0.15, -0.1) is 10.2 Å². The van der Waals surface area contributed by atoms with Crippen LogP contribution in [0.4, 0.5) is 10.6 Å². The highest BCUT2D eigenvalue weighted by atomic mass is 16.5. The highest BCUT2D eigenvalue weighted by molar-refractivity contribution is 5.74. The minimum absolute atomic E-state index is 0.0416. The number of piperazine rings is 1. The summed E-state index contributed by atoms with van der Waals surface area (Å²) in [6.45, 7) is 3.20. The van der Waals surface area contributed by atoms with Crippen molar-refractivity contribution in [1.82, 2.24) is 20.4 Å². The summed E-state index contributed by atoms with van der Waals surface area (Å²) in [7, 11) is 3.25. The van der Waals surface area contributed by atoms with Gasteiger partial charge in [-0.05, 0) is 35.9 Å². The maximum absolute atomic E-state index is 12.5. The van der Waals surface area contributed by atoms with E-state index in [9.17, 15) is 4.79 Å². The van der Waals surface area contributed by atoms with Crippen molar-refractivity contribution in [3.63, 3.8) is 0 Å². The Morgan fingerprint density at radius 3 is 2.38 bits per heavy atom. The third-order valence-electron chi connectivity index (χ3n) is 5.51. The van der Waals surface area contributed by atoms with Gasteiger partial charge in [-0.25, -0.2) is 4.79 Å². The molecule has 0 bridgehead atoms. The molecule has 4 rings (SSSR count).